The van der Waals surface area contributed by atoms with Gasteiger partial charge in [0.15, 0.2) is 0 Å². The first-order valence-corrected chi connectivity index (χ1v) is 5.05. The highest BCUT2D eigenvalue weighted by molar-refractivity contribution is 5.93. The van der Waals surface area contributed by atoms with Crippen LogP contribution in [0.15, 0.2) is 18.5 Å². The van der Waals surface area contributed by atoms with Crippen molar-refractivity contribution in [1.29, 1.82) is 0 Å². The number of nitrogens with zero attached hydrogens (tertiary/aromatic N) is 3. The summed E-state index contributed by atoms with van der Waals surface area (Å²) < 4.78 is 0. The van der Waals surface area contributed by atoms with E-state index in [1.54, 1.807) is 11.0 Å². The highest BCUT2D eigenvalue weighted by atomic mass is 16.2. The molecule has 0 atom stereocenters. The Morgan fingerprint density at radius 2 is 2.27 bits per heavy atom. The average Bonchev–Trinajstić information content (AvgIpc) is 2.29. The number of hydrogen-bond acceptors (Lipinski definition) is 4. The maximum absolute atomic E-state index is 11.9. The minimum absolute atomic E-state index is 0.0304. The van der Waals surface area contributed by atoms with E-state index in [2.05, 4.69) is 10.2 Å². The Balaban J connectivity index is 2.71. The molecule has 1 rings (SSSR count). The third-order valence-corrected chi connectivity index (χ3v) is 2.01. The quantitative estimate of drug-likeness (QED) is 0.754. The Morgan fingerprint density at radius 3 is 2.80 bits per heavy atom. The van der Waals surface area contributed by atoms with Gasteiger partial charge in [0, 0.05) is 19.6 Å². The topological polar surface area (TPSA) is 72.1 Å². The molecule has 0 bridgehead atoms. The van der Waals surface area contributed by atoms with Crippen LogP contribution >= 0.6 is 0 Å². The number of hydrogen-bond donors (Lipinski definition) is 1. The molecule has 0 unspecified atom stereocenters. The molecule has 0 saturated heterocycles. The highest BCUT2D eigenvalue weighted by Crippen LogP contribution is 2.02. The monoisotopic (exact) mass is 208 g/mol. The van der Waals surface area contributed by atoms with E-state index in [9.17, 15) is 4.79 Å². The van der Waals surface area contributed by atoms with E-state index in [0.717, 1.165) is 13.0 Å². The van der Waals surface area contributed by atoms with Crippen LogP contribution in [0, 0.1) is 0 Å². The highest BCUT2D eigenvalue weighted by Gasteiger charge is 2.13. The van der Waals surface area contributed by atoms with Crippen LogP contribution in [0.2, 0.25) is 0 Å². The molecule has 0 spiro atoms. The molecule has 15 heavy (non-hydrogen) atoms. The summed E-state index contributed by atoms with van der Waals surface area (Å²) in [6, 6.07) is 1.66. The smallest absolute Gasteiger partial charge is 0.255 e. The number of aromatic nitrogens is 2. The fraction of sp³-hybridized carbons (Fsp3) is 0.500. The van der Waals surface area contributed by atoms with Gasteiger partial charge in [0.2, 0.25) is 0 Å². The second kappa shape index (κ2) is 6.08. The first-order chi connectivity index (χ1) is 7.29. The SMILES string of the molecule is CCCN(CCN)C(=O)c1ccnnc1. The lowest BCUT2D eigenvalue weighted by Gasteiger charge is -2.20. The molecule has 0 saturated carbocycles. The zero-order valence-corrected chi connectivity index (χ0v) is 8.89. The Hall–Kier alpha value is -1.49. The molecule has 5 heteroatoms. The number of amides is 1. The zero-order chi connectivity index (χ0) is 11.1. The molecule has 0 fully saturated rings. The summed E-state index contributed by atoms with van der Waals surface area (Å²) in [6.07, 6.45) is 3.91. The normalized spacial score (nSPS) is 10.0. The van der Waals surface area contributed by atoms with Crippen molar-refractivity contribution in [2.45, 2.75) is 13.3 Å². The van der Waals surface area contributed by atoms with Crippen LogP contribution < -0.4 is 5.73 Å². The average molecular weight is 208 g/mol. The first-order valence-electron chi connectivity index (χ1n) is 5.05. The van der Waals surface area contributed by atoms with Crippen molar-refractivity contribution in [1.82, 2.24) is 15.1 Å². The van der Waals surface area contributed by atoms with Crippen LogP contribution in [0.25, 0.3) is 0 Å². The molecular weight excluding hydrogens is 192 g/mol. The zero-order valence-electron chi connectivity index (χ0n) is 8.89. The summed E-state index contributed by atoms with van der Waals surface area (Å²) >= 11 is 0. The summed E-state index contributed by atoms with van der Waals surface area (Å²) in [4.78, 5) is 13.7. The van der Waals surface area contributed by atoms with Crippen molar-refractivity contribution in [2.75, 3.05) is 19.6 Å². The summed E-state index contributed by atoms with van der Waals surface area (Å²) in [6.45, 7) is 3.80. The van der Waals surface area contributed by atoms with Crippen molar-refractivity contribution in [2.24, 2.45) is 5.73 Å². The molecule has 0 radical (unpaired) electrons. The van der Waals surface area contributed by atoms with E-state index in [4.69, 9.17) is 5.73 Å². The molecule has 1 amide bonds. The maximum atomic E-state index is 11.9. The van der Waals surface area contributed by atoms with Gasteiger partial charge in [-0.1, -0.05) is 6.92 Å². The van der Waals surface area contributed by atoms with E-state index >= 15 is 0 Å². The summed E-state index contributed by atoms with van der Waals surface area (Å²) in [7, 11) is 0. The van der Waals surface area contributed by atoms with Gasteiger partial charge in [0.05, 0.1) is 18.0 Å². The second-order valence-electron chi connectivity index (χ2n) is 3.21. The molecule has 5 nitrogen and oxygen atoms in total. The van der Waals surface area contributed by atoms with Crippen molar-refractivity contribution in [3.63, 3.8) is 0 Å². The molecule has 0 aliphatic heterocycles. The van der Waals surface area contributed by atoms with Crippen LogP contribution in [0.1, 0.15) is 23.7 Å². The lowest BCUT2D eigenvalue weighted by molar-refractivity contribution is 0.0759. The van der Waals surface area contributed by atoms with Crippen molar-refractivity contribution < 1.29 is 4.79 Å². The van der Waals surface area contributed by atoms with Crippen molar-refractivity contribution in [3.05, 3.63) is 24.0 Å². The van der Waals surface area contributed by atoms with Crippen LogP contribution in [-0.4, -0.2) is 40.6 Å². The van der Waals surface area contributed by atoms with Gasteiger partial charge in [-0.3, -0.25) is 4.79 Å². The minimum Gasteiger partial charge on any atom is -0.337 e. The first kappa shape index (κ1) is 11.6. The minimum atomic E-state index is -0.0304. The van der Waals surface area contributed by atoms with Gasteiger partial charge in [-0.2, -0.15) is 10.2 Å². The molecule has 0 aromatic carbocycles. The summed E-state index contributed by atoms with van der Waals surface area (Å²) in [5.74, 6) is -0.0304. The van der Waals surface area contributed by atoms with E-state index in [1.807, 2.05) is 6.92 Å². The van der Waals surface area contributed by atoms with E-state index in [1.165, 1.54) is 12.4 Å². The molecular formula is C10H16N4O. The predicted octanol–water partition coefficient (Wildman–Crippen LogP) is 0.287. The summed E-state index contributed by atoms with van der Waals surface area (Å²) in [5, 5.41) is 7.31. The third kappa shape index (κ3) is 3.28. The third-order valence-electron chi connectivity index (χ3n) is 2.01. The maximum Gasteiger partial charge on any atom is 0.255 e. The van der Waals surface area contributed by atoms with Crippen LogP contribution in [0.5, 0.6) is 0 Å². The largest absolute Gasteiger partial charge is 0.337 e. The fourth-order valence-electron chi connectivity index (χ4n) is 1.34. The molecule has 82 valence electrons. The van der Waals surface area contributed by atoms with Gasteiger partial charge in [-0.05, 0) is 12.5 Å². The van der Waals surface area contributed by atoms with Crippen molar-refractivity contribution in [3.8, 4) is 0 Å². The van der Waals surface area contributed by atoms with Gasteiger partial charge in [-0.15, -0.1) is 0 Å². The molecule has 2 N–H and O–H groups in total. The van der Waals surface area contributed by atoms with Crippen LogP contribution in [-0.2, 0) is 0 Å². The Morgan fingerprint density at radius 1 is 1.47 bits per heavy atom. The van der Waals surface area contributed by atoms with Crippen LogP contribution in [0.3, 0.4) is 0 Å². The Labute approximate surface area is 89.3 Å². The van der Waals surface area contributed by atoms with Gasteiger partial charge in [0.25, 0.3) is 5.91 Å². The van der Waals surface area contributed by atoms with Gasteiger partial charge < -0.3 is 10.6 Å². The van der Waals surface area contributed by atoms with E-state index in [0.29, 0.717) is 18.7 Å². The van der Waals surface area contributed by atoms with Gasteiger partial charge in [-0.25, -0.2) is 0 Å². The van der Waals surface area contributed by atoms with E-state index < -0.39 is 0 Å². The number of carbonyl (C=O) groups excluding carboxylic acids is 1. The Kier molecular flexibility index (Phi) is 4.70. The predicted molar refractivity (Wildman–Crippen MR) is 57.3 cm³/mol. The lowest BCUT2D eigenvalue weighted by atomic mass is 10.2. The van der Waals surface area contributed by atoms with Gasteiger partial charge in [0.1, 0.15) is 0 Å². The van der Waals surface area contributed by atoms with Crippen molar-refractivity contribution >= 4 is 5.91 Å². The number of rotatable bonds is 5. The number of carbonyl (C=O) groups is 1. The molecule has 1 aromatic rings. The lowest BCUT2D eigenvalue weighted by Crippen LogP contribution is -2.36. The molecule has 1 heterocycles. The second-order valence-corrected chi connectivity index (χ2v) is 3.21. The summed E-state index contributed by atoms with van der Waals surface area (Å²) in [5.41, 5.74) is 6.02. The molecule has 0 aliphatic rings. The molecule has 1 aromatic heterocycles. The molecule has 0 aliphatic carbocycles. The van der Waals surface area contributed by atoms with Crippen LogP contribution in [0.4, 0.5) is 0 Å². The fourth-order valence-corrected chi connectivity index (χ4v) is 1.34. The standard InChI is InChI=1S/C10H16N4O/c1-2-6-14(7-4-11)10(15)9-3-5-12-13-8-9/h3,5,8H,2,4,6-7,11H2,1H3. The Bertz CT molecular complexity index is 296. The van der Waals surface area contributed by atoms with Gasteiger partial charge >= 0.3 is 0 Å². The number of nitrogens with two attached hydrogens (primary N) is 1. The van der Waals surface area contributed by atoms with E-state index in [-0.39, 0.29) is 5.91 Å².